The first-order valence-electron chi connectivity index (χ1n) is 12.9. The molecular formula is C30H33ClN2O3. The number of benzene rings is 2. The third-order valence-electron chi connectivity index (χ3n) is 7.21. The molecule has 2 aromatic carbocycles. The third kappa shape index (κ3) is 5.74. The van der Waals surface area contributed by atoms with Gasteiger partial charge >= 0.3 is 0 Å². The molecule has 0 spiro atoms. The van der Waals surface area contributed by atoms with Crippen molar-refractivity contribution in [3.8, 4) is 16.9 Å². The monoisotopic (exact) mass is 504 g/mol. The summed E-state index contributed by atoms with van der Waals surface area (Å²) in [6.07, 6.45) is 10.3. The second kappa shape index (κ2) is 10.6. The summed E-state index contributed by atoms with van der Waals surface area (Å²) in [4.78, 5) is 15.5. The number of primary amides is 1. The molecule has 36 heavy (non-hydrogen) atoms. The lowest BCUT2D eigenvalue weighted by Gasteiger charge is -2.22. The minimum Gasteiger partial charge on any atom is -0.490 e. The lowest BCUT2D eigenvalue weighted by molar-refractivity contribution is -0.118. The van der Waals surface area contributed by atoms with Crippen molar-refractivity contribution >= 4 is 17.5 Å². The molecular weight excluding hydrogens is 472 g/mol. The first-order chi connectivity index (χ1) is 17.4. The topological polar surface area (TPSA) is 74.4 Å². The molecule has 1 aromatic heterocycles. The molecule has 1 heterocycles. The van der Waals surface area contributed by atoms with Crippen molar-refractivity contribution in [2.45, 2.75) is 76.1 Å². The summed E-state index contributed by atoms with van der Waals surface area (Å²) in [5.74, 6) is 0.978. The van der Waals surface area contributed by atoms with Gasteiger partial charge in [-0.15, -0.1) is 0 Å². The van der Waals surface area contributed by atoms with Crippen LogP contribution in [-0.2, 0) is 21.7 Å². The summed E-state index contributed by atoms with van der Waals surface area (Å²) in [5.41, 5.74) is 10.4. The Labute approximate surface area is 218 Å². The van der Waals surface area contributed by atoms with Gasteiger partial charge < -0.3 is 15.2 Å². The van der Waals surface area contributed by atoms with E-state index in [4.69, 9.17) is 26.8 Å². The molecule has 0 saturated heterocycles. The molecule has 0 unspecified atom stereocenters. The Morgan fingerprint density at radius 2 is 1.97 bits per heavy atom. The highest BCUT2D eigenvalue weighted by Crippen LogP contribution is 2.53. The Balaban J connectivity index is 1.34. The maximum atomic E-state index is 11.1. The van der Waals surface area contributed by atoms with Gasteiger partial charge in [0.05, 0.1) is 18.3 Å². The fourth-order valence-corrected chi connectivity index (χ4v) is 4.90. The zero-order valence-corrected chi connectivity index (χ0v) is 21.5. The minimum atomic E-state index is -0.372. The summed E-state index contributed by atoms with van der Waals surface area (Å²) in [6.45, 7) is 2.59. The van der Waals surface area contributed by atoms with Gasteiger partial charge in [-0.05, 0) is 79.3 Å². The van der Waals surface area contributed by atoms with Gasteiger partial charge in [0.1, 0.15) is 5.75 Å². The number of halogens is 1. The van der Waals surface area contributed by atoms with Crippen LogP contribution in [0.2, 0.25) is 5.02 Å². The molecule has 1 atom stereocenters. The summed E-state index contributed by atoms with van der Waals surface area (Å²) in [7, 11) is 0. The van der Waals surface area contributed by atoms with Crippen LogP contribution in [0.3, 0.4) is 0 Å². The smallest absolute Gasteiger partial charge is 0.217 e. The van der Waals surface area contributed by atoms with Gasteiger partial charge in [-0.25, -0.2) is 0 Å². The number of carbonyl (C=O) groups excluding carboxylic acids is 1. The average Bonchev–Trinajstić information content (AvgIpc) is 3.81. The summed E-state index contributed by atoms with van der Waals surface area (Å²) in [6, 6.07) is 16.4. The van der Waals surface area contributed by atoms with Crippen LogP contribution in [0.4, 0.5) is 0 Å². The number of carbonyl (C=O) groups is 1. The van der Waals surface area contributed by atoms with Crippen molar-refractivity contribution in [3.05, 3.63) is 82.6 Å². The zero-order valence-electron chi connectivity index (χ0n) is 20.7. The van der Waals surface area contributed by atoms with Gasteiger partial charge in [-0.1, -0.05) is 48.9 Å². The molecule has 0 radical (unpaired) electrons. The van der Waals surface area contributed by atoms with Crippen molar-refractivity contribution in [1.29, 1.82) is 0 Å². The van der Waals surface area contributed by atoms with Crippen molar-refractivity contribution in [2.24, 2.45) is 5.73 Å². The molecule has 2 aliphatic carbocycles. The van der Waals surface area contributed by atoms with Crippen LogP contribution >= 0.6 is 11.6 Å². The maximum Gasteiger partial charge on any atom is 0.217 e. The number of pyridine rings is 1. The second-order valence-electron chi connectivity index (χ2n) is 10.1. The van der Waals surface area contributed by atoms with E-state index in [9.17, 15) is 4.79 Å². The molecule has 188 valence electrons. The van der Waals surface area contributed by atoms with Crippen LogP contribution in [-0.4, -0.2) is 17.0 Å². The van der Waals surface area contributed by atoms with E-state index in [0.717, 1.165) is 66.5 Å². The number of nitrogens with zero attached hydrogens (tertiary/aromatic N) is 1. The van der Waals surface area contributed by atoms with Crippen LogP contribution in [0.1, 0.15) is 74.5 Å². The fraction of sp³-hybridized carbons (Fsp3) is 0.400. The molecule has 5 rings (SSSR count). The lowest BCUT2D eigenvalue weighted by Crippen LogP contribution is -2.14. The third-order valence-corrected chi connectivity index (χ3v) is 7.58. The Hall–Kier alpha value is -2.89. The predicted octanol–water partition coefficient (Wildman–Crippen LogP) is 6.91. The minimum absolute atomic E-state index is 0.251. The highest BCUT2D eigenvalue weighted by Gasteiger charge is 2.47. The number of amides is 1. The Kier molecular flexibility index (Phi) is 7.31. The quantitative estimate of drug-likeness (QED) is 0.291. The second-order valence-corrected chi connectivity index (χ2v) is 10.5. The molecule has 2 N–H and O–H groups in total. The molecule has 0 bridgehead atoms. The average molecular weight is 505 g/mol. The van der Waals surface area contributed by atoms with Gasteiger partial charge in [-0.2, -0.15) is 0 Å². The van der Waals surface area contributed by atoms with E-state index in [1.54, 1.807) is 0 Å². The Bertz CT molecular complexity index is 1240. The highest BCUT2D eigenvalue weighted by molar-refractivity contribution is 6.31. The van der Waals surface area contributed by atoms with Crippen LogP contribution in [0.5, 0.6) is 5.75 Å². The zero-order chi connectivity index (χ0) is 25.1. The van der Waals surface area contributed by atoms with E-state index in [1.165, 1.54) is 5.56 Å². The van der Waals surface area contributed by atoms with Crippen LogP contribution in [0.25, 0.3) is 11.1 Å². The molecule has 1 amide bonds. The fourth-order valence-electron chi connectivity index (χ4n) is 4.73. The van der Waals surface area contributed by atoms with Gasteiger partial charge in [0.2, 0.25) is 5.91 Å². The van der Waals surface area contributed by atoms with Crippen molar-refractivity contribution < 1.29 is 14.3 Å². The first kappa shape index (κ1) is 24.8. The van der Waals surface area contributed by atoms with E-state index in [0.29, 0.717) is 30.1 Å². The summed E-state index contributed by atoms with van der Waals surface area (Å²) < 4.78 is 12.8. The van der Waals surface area contributed by atoms with Crippen molar-refractivity contribution in [1.82, 2.24) is 4.98 Å². The largest absolute Gasteiger partial charge is 0.490 e. The Morgan fingerprint density at radius 3 is 2.72 bits per heavy atom. The SMILES string of the molecule is C[C@@H](CCCC(N)=O)c1ccc(Cl)c(COC2(c3cnccc3-c3ccccc3OC3CC3)CC2)c1. The van der Waals surface area contributed by atoms with E-state index in [1.807, 2.05) is 30.6 Å². The molecule has 2 saturated carbocycles. The number of hydrogen-bond acceptors (Lipinski definition) is 4. The van der Waals surface area contributed by atoms with Crippen LogP contribution in [0, 0.1) is 0 Å². The van der Waals surface area contributed by atoms with Gasteiger partial charge in [0.15, 0.2) is 0 Å². The molecule has 2 fully saturated rings. The van der Waals surface area contributed by atoms with Gasteiger partial charge in [-0.3, -0.25) is 9.78 Å². The van der Waals surface area contributed by atoms with Crippen molar-refractivity contribution in [3.63, 3.8) is 0 Å². The van der Waals surface area contributed by atoms with E-state index >= 15 is 0 Å². The van der Waals surface area contributed by atoms with Gasteiger partial charge in [0, 0.05) is 35.0 Å². The molecule has 6 heteroatoms. The first-order valence-corrected chi connectivity index (χ1v) is 13.2. The Morgan fingerprint density at radius 1 is 1.17 bits per heavy atom. The number of rotatable bonds is 12. The maximum absolute atomic E-state index is 11.1. The lowest BCUT2D eigenvalue weighted by atomic mass is 9.94. The van der Waals surface area contributed by atoms with E-state index in [2.05, 4.69) is 42.2 Å². The molecule has 3 aromatic rings. The molecule has 2 aliphatic rings. The van der Waals surface area contributed by atoms with Gasteiger partial charge in [0.25, 0.3) is 0 Å². The number of aromatic nitrogens is 1. The molecule has 5 nitrogen and oxygen atoms in total. The summed E-state index contributed by atoms with van der Waals surface area (Å²) in [5, 5.41) is 0.702. The van der Waals surface area contributed by atoms with Crippen LogP contribution < -0.4 is 10.5 Å². The summed E-state index contributed by atoms with van der Waals surface area (Å²) >= 11 is 6.57. The predicted molar refractivity (Wildman–Crippen MR) is 142 cm³/mol. The molecule has 0 aliphatic heterocycles. The van der Waals surface area contributed by atoms with E-state index < -0.39 is 0 Å². The van der Waals surface area contributed by atoms with E-state index in [-0.39, 0.29) is 11.5 Å². The van der Waals surface area contributed by atoms with Crippen molar-refractivity contribution in [2.75, 3.05) is 0 Å². The number of para-hydroxylation sites is 1. The number of hydrogen-bond donors (Lipinski definition) is 1. The standard InChI is InChI=1S/C30H33ClN2O3/c1-20(5-4-8-29(32)34)21-9-12-27(31)22(17-21)19-35-30(14-15-30)26-18-33-16-13-24(26)25-6-2-3-7-28(25)36-23-10-11-23/h2-3,6-7,9,12-13,16-18,20,23H,4-5,8,10-11,14-15,19H2,1H3,(H2,32,34)/t20-/m0/s1. The highest BCUT2D eigenvalue weighted by atomic mass is 35.5. The van der Waals surface area contributed by atoms with Crippen LogP contribution in [0.15, 0.2) is 60.9 Å². The number of nitrogens with two attached hydrogens (primary N) is 1. The normalized spacial score (nSPS) is 16.9. The number of ether oxygens (including phenoxy) is 2.